The first-order valence-corrected chi connectivity index (χ1v) is 6.29. The van der Waals surface area contributed by atoms with Gasteiger partial charge in [-0.3, -0.25) is 9.48 Å². The second-order valence-corrected chi connectivity index (χ2v) is 4.58. The van der Waals surface area contributed by atoms with E-state index in [1.54, 1.807) is 31.3 Å². The largest absolute Gasteiger partial charge is 0.383 e. The second kappa shape index (κ2) is 5.32. The van der Waals surface area contributed by atoms with Crippen LogP contribution in [0.25, 0.3) is 0 Å². The highest BCUT2D eigenvalue weighted by atomic mass is 35.5. The van der Waals surface area contributed by atoms with Gasteiger partial charge in [-0.25, -0.2) is 0 Å². The van der Waals surface area contributed by atoms with Crippen molar-refractivity contribution < 1.29 is 4.79 Å². The Morgan fingerprint density at radius 3 is 2.63 bits per heavy atom. The van der Waals surface area contributed by atoms with Crippen molar-refractivity contribution in [2.24, 2.45) is 7.05 Å². The molecule has 0 bridgehead atoms. The van der Waals surface area contributed by atoms with Crippen LogP contribution in [0.4, 0.5) is 11.5 Å². The zero-order chi connectivity index (χ0) is 14.0. The average Bonchev–Trinajstić information content (AvgIpc) is 2.68. The van der Waals surface area contributed by atoms with Crippen molar-refractivity contribution >= 4 is 29.0 Å². The Morgan fingerprint density at radius 1 is 1.42 bits per heavy atom. The number of nitrogens with one attached hydrogen (secondary N) is 1. The Morgan fingerprint density at radius 2 is 2.05 bits per heavy atom. The van der Waals surface area contributed by atoms with Gasteiger partial charge in [0.15, 0.2) is 0 Å². The number of amides is 1. The fraction of sp³-hybridized carbons (Fsp3) is 0.231. The molecule has 6 heteroatoms. The Labute approximate surface area is 116 Å². The summed E-state index contributed by atoms with van der Waals surface area (Å²) in [6, 6.07) is 6.89. The summed E-state index contributed by atoms with van der Waals surface area (Å²) in [7, 11) is 1.72. The van der Waals surface area contributed by atoms with Gasteiger partial charge in [-0.1, -0.05) is 18.5 Å². The molecule has 19 heavy (non-hydrogen) atoms. The summed E-state index contributed by atoms with van der Waals surface area (Å²) in [5.74, 6) is 0.105. The molecule has 0 fully saturated rings. The molecule has 0 unspecified atom stereocenters. The van der Waals surface area contributed by atoms with E-state index in [1.165, 1.54) is 4.68 Å². The molecule has 2 aromatic rings. The molecule has 3 N–H and O–H groups in total. The van der Waals surface area contributed by atoms with E-state index < -0.39 is 0 Å². The number of rotatable bonds is 3. The van der Waals surface area contributed by atoms with E-state index in [9.17, 15) is 4.79 Å². The Kier molecular flexibility index (Phi) is 3.76. The number of carbonyl (C=O) groups excluding carboxylic acids is 1. The van der Waals surface area contributed by atoms with Crippen LogP contribution >= 0.6 is 11.6 Å². The third-order valence-electron chi connectivity index (χ3n) is 2.83. The fourth-order valence-corrected chi connectivity index (χ4v) is 1.94. The molecule has 1 aromatic heterocycles. The van der Waals surface area contributed by atoms with E-state index in [-0.39, 0.29) is 5.91 Å². The van der Waals surface area contributed by atoms with E-state index in [0.717, 1.165) is 0 Å². The Hall–Kier alpha value is -2.01. The quantitative estimate of drug-likeness (QED) is 0.906. The lowest BCUT2D eigenvalue weighted by molar-refractivity contribution is 0.102. The number of nitrogen functional groups attached to an aromatic ring is 1. The van der Waals surface area contributed by atoms with E-state index in [4.69, 9.17) is 17.3 Å². The molecule has 100 valence electrons. The van der Waals surface area contributed by atoms with Crippen molar-refractivity contribution in [3.05, 3.63) is 40.5 Å². The van der Waals surface area contributed by atoms with Crippen molar-refractivity contribution in [3.8, 4) is 0 Å². The summed E-state index contributed by atoms with van der Waals surface area (Å²) in [5.41, 5.74) is 7.66. The summed E-state index contributed by atoms with van der Waals surface area (Å²) in [6.45, 7) is 1.93. The number of halogens is 1. The minimum Gasteiger partial charge on any atom is -0.383 e. The standard InChI is InChI=1S/C13H15ClN4O/c1-3-10-11(12(15)18(2)17-10)13(19)16-9-6-4-8(14)5-7-9/h4-7H,3,15H2,1-2H3,(H,16,19). The van der Waals surface area contributed by atoms with E-state index in [2.05, 4.69) is 10.4 Å². The number of benzene rings is 1. The number of anilines is 2. The van der Waals surface area contributed by atoms with E-state index >= 15 is 0 Å². The van der Waals surface area contributed by atoms with Crippen molar-refractivity contribution in [2.75, 3.05) is 11.1 Å². The maximum atomic E-state index is 12.2. The number of hydrogen-bond donors (Lipinski definition) is 2. The van der Waals surface area contributed by atoms with Crippen LogP contribution in [-0.2, 0) is 13.5 Å². The first kappa shape index (κ1) is 13.4. The topological polar surface area (TPSA) is 72.9 Å². The van der Waals surface area contributed by atoms with Gasteiger partial charge in [-0.2, -0.15) is 5.10 Å². The molecule has 0 spiro atoms. The van der Waals surface area contributed by atoms with Gasteiger partial charge in [0.25, 0.3) is 5.91 Å². The van der Waals surface area contributed by atoms with Gasteiger partial charge in [-0.15, -0.1) is 0 Å². The Bertz CT molecular complexity index is 604. The molecule has 1 aromatic carbocycles. The minimum atomic E-state index is -0.259. The third kappa shape index (κ3) is 2.71. The van der Waals surface area contributed by atoms with Gasteiger partial charge in [0.05, 0.1) is 5.69 Å². The molecular weight excluding hydrogens is 264 g/mol. The summed E-state index contributed by atoms with van der Waals surface area (Å²) < 4.78 is 1.51. The lowest BCUT2D eigenvalue weighted by atomic mass is 10.1. The van der Waals surface area contributed by atoms with Gasteiger partial charge in [0.2, 0.25) is 0 Å². The SMILES string of the molecule is CCc1nn(C)c(N)c1C(=O)Nc1ccc(Cl)cc1. The highest BCUT2D eigenvalue weighted by Crippen LogP contribution is 2.19. The molecular formula is C13H15ClN4O. The molecule has 0 atom stereocenters. The summed E-state index contributed by atoms with van der Waals surface area (Å²) >= 11 is 5.80. The number of hydrogen-bond acceptors (Lipinski definition) is 3. The number of carbonyl (C=O) groups is 1. The van der Waals surface area contributed by atoms with E-state index in [1.807, 2.05) is 6.92 Å². The van der Waals surface area contributed by atoms with Crippen molar-refractivity contribution in [3.63, 3.8) is 0 Å². The molecule has 0 aliphatic heterocycles. The van der Waals surface area contributed by atoms with Crippen molar-refractivity contribution in [1.29, 1.82) is 0 Å². The highest BCUT2D eigenvalue weighted by molar-refractivity contribution is 6.30. The van der Waals surface area contributed by atoms with Crippen LogP contribution in [0.2, 0.25) is 5.02 Å². The monoisotopic (exact) mass is 278 g/mol. The number of nitrogens with two attached hydrogens (primary N) is 1. The minimum absolute atomic E-state index is 0.259. The molecule has 0 saturated heterocycles. The number of aromatic nitrogens is 2. The smallest absolute Gasteiger partial charge is 0.261 e. The first-order chi connectivity index (χ1) is 9.02. The van der Waals surface area contributed by atoms with Crippen molar-refractivity contribution in [1.82, 2.24) is 9.78 Å². The normalized spacial score (nSPS) is 10.5. The molecule has 0 aliphatic rings. The zero-order valence-corrected chi connectivity index (χ0v) is 11.5. The second-order valence-electron chi connectivity index (χ2n) is 4.15. The molecule has 1 amide bonds. The molecule has 0 aliphatic carbocycles. The fourth-order valence-electron chi connectivity index (χ4n) is 1.82. The maximum absolute atomic E-state index is 12.2. The lowest BCUT2D eigenvalue weighted by Crippen LogP contribution is -2.15. The lowest BCUT2D eigenvalue weighted by Gasteiger charge is -2.06. The molecule has 5 nitrogen and oxygen atoms in total. The van der Waals surface area contributed by atoms with Gasteiger partial charge < -0.3 is 11.1 Å². The molecule has 0 radical (unpaired) electrons. The molecule has 2 rings (SSSR count). The highest BCUT2D eigenvalue weighted by Gasteiger charge is 2.19. The van der Waals surface area contributed by atoms with Gasteiger partial charge in [0, 0.05) is 17.8 Å². The summed E-state index contributed by atoms with van der Waals surface area (Å²) in [4.78, 5) is 12.2. The third-order valence-corrected chi connectivity index (χ3v) is 3.08. The van der Waals surface area contributed by atoms with Crippen LogP contribution in [0.5, 0.6) is 0 Å². The average molecular weight is 279 g/mol. The number of nitrogens with zero attached hydrogens (tertiary/aromatic N) is 2. The predicted octanol–water partition coefficient (Wildman–Crippen LogP) is 2.47. The van der Waals surface area contributed by atoms with Gasteiger partial charge in [-0.05, 0) is 30.7 Å². The van der Waals surface area contributed by atoms with Crippen molar-refractivity contribution in [2.45, 2.75) is 13.3 Å². The van der Waals surface area contributed by atoms with Crippen LogP contribution in [0.15, 0.2) is 24.3 Å². The summed E-state index contributed by atoms with van der Waals surface area (Å²) in [5, 5.41) is 7.62. The summed E-state index contributed by atoms with van der Waals surface area (Å²) in [6.07, 6.45) is 0.647. The zero-order valence-electron chi connectivity index (χ0n) is 10.8. The predicted molar refractivity (Wildman–Crippen MR) is 76.4 cm³/mol. The van der Waals surface area contributed by atoms with Crippen LogP contribution in [-0.4, -0.2) is 15.7 Å². The van der Waals surface area contributed by atoms with E-state index in [0.29, 0.717) is 34.2 Å². The maximum Gasteiger partial charge on any atom is 0.261 e. The molecule has 0 saturated carbocycles. The van der Waals surface area contributed by atoms with Crippen LogP contribution < -0.4 is 11.1 Å². The first-order valence-electron chi connectivity index (χ1n) is 5.91. The number of aryl methyl sites for hydroxylation is 2. The van der Waals surface area contributed by atoms with Gasteiger partial charge in [0.1, 0.15) is 11.4 Å². The van der Waals surface area contributed by atoms with Gasteiger partial charge >= 0.3 is 0 Å². The van der Waals surface area contributed by atoms with Crippen LogP contribution in [0, 0.1) is 0 Å². The van der Waals surface area contributed by atoms with Crippen LogP contribution in [0.1, 0.15) is 23.0 Å². The Balaban J connectivity index is 2.27. The van der Waals surface area contributed by atoms with Crippen LogP contribution in [0.3, 0.4) is 0 Å². The molecule has 1 heterocycles.